The maximum absolute atomic E-state index is 11.6. The number of amides is 1. The van der Waals surface area contributed by atoms with Gasteiger partial charge in [-0.05, 0) is 20.3 Å². The first-order valence-electron chi connectivity index (χ1n) is 6.27. The first-order chi connectivity index (χ1) is 7.56. The van der Waals surface area contributed by atoms with E-state index in [1.165, 1.54) is 19.8 Å². The summed E-state index contributed by atoms with van der Waals surface area (Å²) in [5, 5.41) is 9.23. The molecular formula is C12H24N2O2. The zero-order chi connectivity index (χ0) is 12.1. The number of piperazine rings is 1. The Morgan fingerprint density at radius 2 is 1.81 bits per heavy atom. The lowest BCUT2D eigenvalue weighted by molar-refractivity contribution is -0.141. The molecule has 1 N–H and O–H groups in total. The van der Waals surface area contributed by atoms with Crippen molar-refractivity contribution in [2.75, 3.05) is 26.2 Å². The Kier molecular flexibility index (Phi) is 5.22. The molecule has 0 spiro atoms. The van der Waals surface area contributed by atoms with Crippen molar-refractivity contribution in [2.24, 2.45) is 0 Å². The molecule has 4 nitrogen and oxygen atoms in total. The normalized spacial score (nSPS) is 21.9. The first kappa shape index (κ1) is 13.5. The number of nitrogens with zero attached hydrogens (tertiary/aromatic N) is 2. The van der Waals surface area contributed by atoms with Crippen molar-refractivity contribution in [2.45, 2.75) is 45.8 Å². The van der Waals surface area contributed by atoms with Crippen LogP contribution in [0.5, 0.6) is 0 Å². The minimum absolute atomic E-state index is 0.136. The van der Waals surface area contributed by atoms with Crippen LogP contribution in [0.3, 0.4) is 0 Å². The molecule has 1 saturated heterocycles. The third kappa shape index (κ3) is 3.46. The summed E-state index contributed by atoms with van der Waals surface area (Å²) in [4.78, 5) is 15.7. The third-order valence-corrected chi connectivity index (χ3v) is 3.31. The number of carbonyl (C=O) groups is 1. The second-order valence-electron chi connectivity index (χ2n) is 4.67. The summed E-state index contributed by atoms with van der Waals surface area (Å²) < 4.78 is 0. The maximum atomic E-state index is 11.6. The van der Waals surface area contributed by atoms with Gasteiger partial charge in [0, 0.05) is 32.2 Å². The largest absolute Gasteiger partial charge is 0.384 e. The minimum atomic E-state index is -0.861. The van der Waals surface area contributed by atoms with Crippen molar-refractivity contribution in [1.29, 1.82) is 0 Å². The van der Waals surface area contributed by atoms with Gasteiger partial charge in [0.05, 0.1) is 0 Å². The molecule has 0 unspecified atom stereocenters. The summed E-state index contributed by atoms with van der Waals surface area (Å²) >= 11 is 0. The number of rotatable bonds is 4. The predicted molar refractivity (Wildman–Crippen MR) is 64.2 cm³/mol. The monoisotopic (exact) mass is 228 g/mol. The van der Waals surface area contributed by atoms with Gasteiger partial charge in [0.1, 0.15) is 6.10 Å². The SMILES string of the molecule is CCC[C@@H](C)N1CCN(C(=O)[C@@H](C)O)CC1. The molecule has 1 aliphatic rings. The van der Waals surface area contributed by atoms with Gasteiger partial charge in [-0.3, -0.25) is 9.69 Å². The summed E-state index contributed by atoms with van der Waals surface area (Å²) in [6, 6.07) is 0.605. The molecule has 1 amide bonds. The van der Waals surface area contributed by atoms with Gasteiger partial charge in [0.2, 0.25) is 0 Å². The van der Waals surface area contributed by atoms with Crippen molar-refractivity contribution in [3.8, 4) is 0 Å². The molecule has 1 rings (SSSR count). The Morgan fingerprint density at radius 3 is 2.25 bits per heavy atom. The lowest BCUT2D eigenvalue weighted by atomic mass is 10.1. The van der Waals surface area contributed by atoms with E-state index < -0.39 is 6.10 Å². The summed E-state index contributed by atoms with van der Waals surface area (Å²) in [6.45, 7) is 9.34. The molecule has 2 atom stereocenters. The Hall–Kier alpha value is -0.610. The fraction of sp³-hybridized carbons (Fsp3) is 0.917. The lowest BCUT2D eigenvalue weighted by Crippen LogP contribution is -2.53. The van der Waals surface area contributed by atoms with Crippen molar-refractivity contribution in [3.05, 3.63) is 0 Å². The molecule has 0 bridgehead atoms. The highest BCUT2D eigenvalue weighted by Gasteiger charge is 2.25. The van der Waals surface area contributed by atoms with Crippen LogP contribution in [0.2, 0.25) is 0 Å². The van der Waals surface area contributed by atoms with Crippen molar-refractivity contribution in [3.63, 3.8) is 0 Å². The van der Waals surface area contributed by atoms with Crippen LogP contribution in [0.25, 0.3) is 0 Å². The average molecular weight is 228 g/mol. The molecule has 0 radical (unpaired) electrons. The van der Waals surface area contributed by atoms with Gasteiger partial charge in [0.15, 0.2) is 0 Å². The summed E-state index contributed by atoms with van der Waals surface area (Å²) in [5.74, 6) is -0.136. The van der Waals surface area contributed by atoms with Crippen LogP contribution in [0.15, 0.2) is 0 Å². The van der Waals surface area contributed by atoms with Crippen molar-refractivity contribution >= 4 is 5.91 Å². The Morgan fingerprint density at radius 1 is 1.25 bits per heavy atom. The van der Waals surface area contributed by atoms with Gasteiger partial charge in [-0.25, -0.2) is 0 Å². The third-order valence-electron chi connectivity index (χ3n) is 3.31. The Labute approximate surface area is 98.2 Å². The van der Waals surface area contributed by atoms with Gasteiger partial charge < -0.3 is 10.0 Å². The molecule has 0 aromatic carbocycles. The molecule has 94 valence electrons. The van der Waals surface area contributed by atoms with E-state index in [1.807, 2.05) is 0 Å². The molecule has 0 aromatic rings. The Balaban J connectivity index is 2.36. The number of hydrogen-bond donors (Lipinski definition) is 1. The van der Waals surface area contributed by atoms with Crippen molar-refractivity contribution in [1.82, 2.24) is 9.80 Å². The lowest BCUT2D eigenvalue weighted by Gasteiger charge is -2.38. The fourth-order valence-corrected chi connectivity index (χ4v) is 2.25. The Bertz CT molecular complexity index is 223. The van der Waals surface area contributed by atoms with E-state index in [0.717, 1.165) is 26.2 Å². The van der Waals surface area contributed by atoms with Crippen LogP contribution in [0.4, 0.5) is 0 Å². The van der Waals surface area contributed by atoms with E-state index in [1.54, 1.807) is 4.90 Å². The van der Waals surface area contributed by atoms with Crippen LogP contribution in [-0.2, 0) is 4.79 Å². The average Bonchev–Trinajstić information content (AvgIpc) is 2.28. The quantitative estimate of drug-likeness (QED) is 0.770. The fourth-order valence-electron chi connectivity index (χ4n) is 2.25. The minimum Gasteiger partial charge on any atom is -0.384 e. The first-order valence-corrected chi connectivity index (χ1v) is 6.27. The maximum Gasteiger partial charge on any atom is 0.251 e. The van der Waals surface area contributed by atoms with E-state index in [4.69, 9.17) is 0 Å². The number of aliphatic hydroxyl groups excluding tert-OH is 1. The zero-order valence-electron chi connectivity index (χ0n) is 10.6. The van der Waals surface area contributed by atoms with Crippen LogP contribution < -0.4 is 0 Å². The molecule has 0 aliphatic carbocycles. The molecular weight excluding hydrogens is 204 g/mol. The molecule has 1 heterocycles. The molecule has 0 saturated carbocycles. The van der Waals surface area contributed by atoms with E-state index in [9.17, 15) is 9.90 Å². The number of hydrogen-bond acceptors (Lipinski definition) is 3. The molecule has 1 aliphatic heterocycles. The molecule has 16 heavy (non-hydrogen) atoms. The predicted octanol–water partition coefficient (Wildman–Crippen LogP) is 0.700. The zero-order valence-corrected chi connectivity index (χ0v) is 10.6. The van der Waals surface area contributed by atoms with E-state index in [-0.39, 0.29) is 5.91 Å². The van der Waals surface area contributed by atoms with Gasteiger partial charge in [0.25, 0.3) is 5.91 Å². The van der Waals surface area contributed by atoms with Crippen LogP contribution in [-0.4, -0.2) is 59.1 Å². The number of carbonyl (C=O) groups excluding carboxylic acids is 1. The highest BCUT2D eigenvalue weighted by molar-refractivity contribution is 5.80. The van der Waals surface area contributed by atoms with Gasteiger partial charge in [-0.2, -0.15) is 0 Å². The smallest absolute Gasteiger partial charge is 0.251 e. The highest BCUT2D eigenvalue weighted by atomic mass is 16.3. The van der Waals surface area contributed by atoms with Crippen LogP contribution >= 0.6 is 0 Å². The summed E-state index contributed by atoms with van der Waals surface area (Å²) in [5.41, 5.74) is 0. The molecule has 0 aromatic heterocycles. The topological polar surface area (TPSA) is 43.8 Å². The second-order valence-corrected chi connectivity index (χ2v) is 4.67. The number of aliphatic hydroxyl groups is 1. The van der Waals surface area contributed by atoms with Crippen molar-refractivity contribution < 1.29 is 9.90 Å². The molecule has 1 fully saturated rings. The van der Waals surface area contributed by atoms with Gasteiger partial charge in [-0.1, -0.05) is 13.3 Å². The van der Waals surface area contributed by atoms with E-state index >= 15 is 0 Å². The standard InChI is InChI=1S/C12H24N2O2/c1-4-5-10(2)13-6-8-14(9-7-13)12(16)11(3)15/h10-11,15H,4-9H2,1-3H3/t10-,11-/m1/s1. The van der Waals surface area contributed by atoms with Crippen LogP contribution in [0.1, 0.15) is 33.6 Å². The summed E-state index contributed by atoms with van der Waals surface area (Å²) in [6.07, 6.45) is 1.55. The van der Waals surface area contributed by atoms with Crippen LogP contribution in [0, 0.1) is 0 Å². The van der Waals surface area contributed by atoms with E-state index in [0.29, 0.717) is 6.04 Å². The van der Waals surface area contributed by atoms with E-state index in [2.05, 4.69) is 18.7 Å². The highest BCUT2D eigenvalue weighted by Crippen LogP contribution is 2.11. The second kappa shape index (κ2) is 6.21. The van der Waals surface area contributed by atoms with Gasteiger partial charge in [-0.15, -0.1) is 0 Å². The molecule has 4 heteroatoms. The summed E-state index contributed by atoms with van der Waals surface area (Å²) in [7, 11) is 0. The van der Waals surface area contributed by atoms with Gasteiger partial charge >= 0.3 is 0 Å².